The number of nitrogens with one attached hydrogen (secondary N) is 1. The van der Waals surface area contributed by atoms with E-state index in [1.54, 1.807) is 19.2 Å². The van der Waals surface area contributed by atoms with E-state index in [4.69, 9.17) is 21.4 Å². The van der Waals surface area contributed by atoms with Gasteiger partial charge in [-0.2, -0.15) is 0 Å². The lowest BCUT2D eigenvalue weighted by atomic mass is 10.1. The fourth-order valence-corrected chi connectivity index (χ4v) is 2.02. The first-order chi connectivity index (χ1) is 11.0. The molecule has 23 heavy (non-hydrogen) atoms. The molecule has 0 aliphatic heterocycles. The van der Waals surface area contributed by atoms with E-state index < -0.39 is 5.97 Å². The van der Waals surface area contributed by atoms with Crippen LogP contribution in [0, 0.1) is 0 Å². The van der Waals surface area contributed by atoms with Gasteiger partial charge in [-0.25, -0.2) is 9.48 Å². The first-order valence-corrected chi connectivity index (χ1v) is 7.05. The second-order valence-corrected chi connectivity index (χ2v) is 5.12. The van der Waals surface area contributed by atoms with Crippen LogP contribution in [0.4, 0.5) is 0 Å². The smallest absolute Gasteiger partial charge is 0.358 e. The van der Waals surface area contributed by atoms with Gasteiger partial charge in [-0.05, 0) is 17.7 Å². The molecule has 0 saturated carbocycles. The molecule has 2 N–H and O–H groups in total. The van der Waals surface area contributed by atoms with Gasteiger partial charge in [0.2, 0.25) is 5.91 Å². The minimum absolute atomic E-state index is 0.128. The number of rotatable bonds is 7. The number of aromatic carboxylic acids is 1. The van der Waals surface area contributed by atoms with E-state index in [1.165, 1.54) is 6.20 Å². The van der Waals surface area contributed by atoms with Gasteiger partial charge in [-0.1, -0.05) is 28.9 Å². The molecule has 2 rings (SSSR count). The van der Waals surface area contributed by atoms with E-state index in [0.717, 1.165) is 10.2 Å². The van der Waals surface area contributed by atoms with Gasteiger partial charge in [-0.3, -0.25) is 4.79 Å². The molecule has 0 fully saturated rings. The summed E-state index contributed by atoms with van der Waals surface area (Å²) in [6.07, 6.45) is 0.871. The Hall–Kier alpha value is -2.45. The molecule has 1 amide bonds. The Bertz CT molecular complexity index is 686. The lowest BCUT2D eigenvalue weighted by Gasteiger charge is -2.16. The summed E-state index contributed by atoms with van der Waals surface area (Å²) in [5.41, 5.74) is 0.667. The van der Waals surface area contributed by atoms with Crippen LogP contribution < -0.4 is 5.32 Å². The van der Waals surface area contributed by atoms with Crippen molar-refractivity contribution in [2.75, 3.05) is 13.7 Å². The van der Waals surface area contributed by atoms with Crippen LogP contribution >= 0.6 is 11.6 Å². The number of carboxylic acids is 1. The normalized spacial score (nSPS) is 11.9. The zero-order valence-electron chi connectivity index (χ0n) is 12.3. The highest BCUT2D eigenvalue weighted by Gasteiger charge is 2.14. The van der Waals surface area contributed by atoms with Crippen molar-refractivity contribution in [2.24, 2.45) is 0 Å². The average Bonchev–Trinajstić information content (AvgIpc) is 2.98. The van der Waals surface area contributed by atoms with Crippen LogP contribution in [0.2, 0.25) is 5.02 Å². The highest BCUT2D eigenvalue weighted by Crippen LogP contribution is 2.18. The van der Waals surface area contributed by atoms with Gasteiger partial charge in [0.25, 0.3) is 0 Å². The Balaban J connectivity index is 1.89. The average molecular weight is 339 g/mol. The van der Waals surface area contributed by atoms with Crippen molar-refractivity contribution in [1.29, 1.82) is 0 Å². The number of nitrogens with zero attached hydrogens (tertiary/aromatic N) is 3. The van der Waals surface area contributed by atoms with Crippen LogP contribution in [-0.2, 0) is 16.1 Å². The van der Waals surface area contributed by atoms with Crippen molar-refractivity contribution in [2.45, 2.75) is 12.6 Å². The van der Waals surface area contributed by atoms with E-state index in [-0.39, 0.29) is 30.8 Å². The molecule has 1 atom stereocenters. The molecule has 0 saturated heterocycles. The van der Waals surface area contributed by atoms with Crippen LogP contribution in [-0.4, -0.2) is 45.6 Å². The third-order valence-corrected chi connectivity index (χ3v) is 3.33. The maximum absolute atomic E-state index is 11.9. The number of hydrogen-bond acceptors (Lipinski definition) is 5. The molecule has 1 unspecified atom stereocenters. The summed E-state index contributed by atoms with van der Waals surface area (Å²) in [5, 5.41) is 19.1. The van der Waals surface area contributed by atoms with Crippen molar-refractivity contribution < 1.29 is 19.4 Å². The van der Waals surface area contributed by atoms with Gasteiger partial charge in [0.15, 0.2) is 5.69 Å². The van der Waals surface area contributed by atoms with Crippen molar-refractivity contribution in [3.05, 3.63) is 46.7 Å². The number of benzene rings is 1. The Labute approximate surface area is 137 Å². The monoisotopic (exact) mass is 338 g/mol. The maximum atomic E-state index is 11.9. The van der Waals surface area contributed by atoms with Crippen LogP contribution in [0.25, 0.3) is 0 Å². The molecule has 0 bridgehead atoms. The standard InChI is InChI=1S/C14H15ClN4O4/c1-23-12(9-2-4-10(15)5-3-9)6-16-13(20)8-19-7-11(14(21)22)17-18-19/h2-5,7,12H,6,8H2,1H3,(H,16,20)(H,21,22). The zero-order valence-corrected chi connectivity index (χ0v) is 13.0. The first-order valence-electron chi connectivity index (χ1n) is 6.68. The summed E-state index contributed by atoms with van der Waals surface area (Å²) in [6.45, 7) is 0.134. The van der Waals surface area contributed by atoms with Gasteiger partial charge in [0.05, 0.1) is 12.3 Å². The largest absolute Gasteiger partial charge is 0.476 e. The maximum Gasteiger partial charge on any atom is 0.358 e. The summed E-state index contributed by atoms with van der Waals surface area (Å²) in [7, 11) is 1.54. The highest BCUT2D eigenvalue weighted by atomic mass is 35.5. The van der Waals surface area contributed by atoms with E-state index in [0.29, 0.717) is 5.02 Å². The Kier molecular flexibility index (Phi) is 5.67. The van der Waals surface area contributed by atoms with Crippen molar-refractivity contribution in [3.8, 4) is 0 Å². The molecule has 1 heterocycles. The number of aromatic nitrogens is 3. The fraction of sp³-hybridized carbons (Fsp3) is 0.286. The number of halogens is 1. The Morgan fingerprint density at radius 2 is 2.09 bits per heavy atom. The minimum atomic E-state index is -1.20. The fourth-order valence-electron chi connectivity index (χ4n) is 1.90. The Morgan fingerprint density at radius 3 is 2.65 bits per heavy atom. The second-order valence-electron chi connectivity index (χ2n) is 4.69. The molecular weight excluding hydrogens is 324 g/mol. The van der Waals surface area contributed by atoms with Crippen molar-refractivity contribution in [3.63, 3.8) is 0 Å². The van der Waals surface area contributed by atoms with Gasteiger partial charge in [0, 0.05) is 18.7 Å². The van der Waals surface area contributed by atoms with E-state index >= 15 is 0 Å². The van der Waals surface area contributed by atoms with Crippen molar-refractivity contribution >= 4 is 23.5 Å². The molecule has 122 valence electrons. The third kappa shape index (κ3) is 4.76. The predicted octanol–water partition coefficient (Wildman–Crippen LogP) is 1.13. The number of carbonyl (C=O) groups excluding carboxylic acids is 1. The minimum Gasteiger partial charge on any atom is -0.476 e. The lowest BCUT2D eigenvalue weighted by Crippen LogP contribution is -2.32. The van der Waals surface area contributed by atoms with Gasteiger partial charge in [0.1, 0.15) is 6.54 Å². The molecule has 0 aliphatic carbocycles. The molecule has 0 spiro atoms. The van der Waals surface area contributed by atoms with Crippen LogP contribution in [0.1, 0.15) is 22.2 Å². The number of ether oxygens (including phenoxy) is 1. The molecule has 1 aromatic heterocycles. The van der Waals surface area contributed by atoms with Crippen molar-refractivity contribution in [1.82, 2.24) is 20.3 Å². The summed E-state index contributed by atoms with van der Waals surface area (Å²) >= 11 is 5.83. The third-order valence-electron chi connectivity index (χ3n) is 3.07. The molecule has 8 nitrogen and oxygen atoms in total. The molecule has 0 radical (unpaired) electrons. The van der Waals surface area contributed by atoms with Gasteiger partial charge >= 0.3 is 5.97 Å². The highest BCUT2D eigenvalue weighted by molar-refractivity contribution is 6.30. The number of carbonyl (C=O) groups is 2. The predicted molar refractivity (Wildman–Crippen MR) is 81.2 cm³/mol. The molecule has 2 aromatic rings. The Morgan fingerprint density at radius 1 is 1.39 bits per heavy atom. The molecular formula is C14H15ClN4O4. The number of amides is 1. The van der Waals surface area contributed by atoms with Crippen LogP contribution in [0.3, 0.4) is 0 Å². The van der Waals surface area contributed by atoms with E-state index in [9.17, 15) is 9.59 Å². The SMILES string of the molecule is COC(CNC(=O)Cn1cc(C(=O)O)nn1)c1ccc(Cl)cc1. The van der Waals surface area contributed by atoms with Gasteiger partial charge in [-0.15, -0.1) is 5.10 Å². The molecule has 0 aliphatic rings. The first kappa shape index (κ1) is 16.9. The summed E-state index contributed by atoms with van der Waals surface area (Å²) in [4.78, 5) is 22.6. The van der Waals surface area contributed by atoms with Gasteiger partial charge < -0.3 is 15.2 Å². The lowest BCUT2D eigenvalue weighted by molar-refractivity contribution is -0.122. The number of carboxylic acid groups (broad SMARTS) is 1. The van der Waals surface area contributed by atoms with Crippen LogP contribution in [0.15, 0.2) is 30.5 Å². The van der Waals surface area contributed by atoms with E-state index in [1.807, 2.05) is 12.1 Å². The zero-order chi connectivity index (χ0) is 16.8. The quantitative estimate of drug-likeness (QED) is 0.784. The second kappa shape index (κ2) is 7.70. The topological polar surface area (TPSA) is 106 Å². The molecule has 1 aromatic carbocycles. The molecule has 9 heteroatoms. The summed E-state index contributed by atoms with van der Waals surface area (Å²) in [5.74, 6) is -1.53. The van der Waals surface area contributed by atoms with Crippen LogP contribution in [0.5, 0.6) is 0 Å². The van der Waals surface area contributed by atoms with E-state index in [2.05, 4.69) is 15.6 Å². The summed E-state index contributed by atoms with van der Waals surface area (Å²) < 4.78 is 6.50. The summed E-state index contributed by atoms with van der Waals surface area (Å²) in [6, 6.07) is 7.12. The number of hydrogen-bond donors (Lipinski definition) is 2. The number of methoxy groups -OCH3 is 1.